The van der Waals surface area contributed by atoms with Gasteiger partial charge in [0, 0.05) is 50.1 Å². The number of benzene rings is 1. The van der Waals surface area contributed by atoms with Gasteiger partial charge in [0.05, 0.1) is 10.5 Å². The summed E-state index contributed by atoms with van der Waals surface area (Å²) in [6, 6.07) is 7.44. The summed E-state index contributed by atoms with van der Waals surface area (Å²) in [5.41, 5.74) is -0.630. The summed E-state index contributed by atoms with van der Waals surface area (Å²) < 4.78 is 39.4. The predicted molar refractivity (Wildman–Crippen MR) is 90.5 cm³/mol. The third-order valence-corrected chi connectivity index (χ3v) is 4.28. The maximum atomic E-state index is 13.1. The molecule has 0 radical (unpaired) electrons. The number of non-ortho nitro benzene ring substituents is 1. The number of halogens is 3. The Bertz CT molecular complexity index is 847. The van der Waals surface area contributed by atoms with E-state index in [1.165, 1.54) is 46.3 Å². The van der Waals surface area contributed by atoms with Crippen molar-refractivity contribution in [3.8, 4) is 0 Å². The lowest BCUT2D eigenvalue weighted by molar-refractivity contribution is -0.384. The molecule has 1 aromatic heterocycles. The number of piperazine rings is 1. The number of hydrogen-bond acceptors (Lipinski definition) is 5. The molecule has 1 aromatic carbocycles. The van der Waals surface area contributed by atoms with E-state index < -0.39 is 16.7 Å². The lowest BCUT2D eigenvalue weighted by Crippen LogP contribution is -2.49. The third kappa shape index (κ3) is 3.99. The third-order valence-electron chi connectivity index (χ3n) is 4.28. The zero-order valence-corrected chi connectivity index (χ0v) is 14.0. The highest BCUT2D eigenvalue weighted by atomic mass is 19.4. The Balaban J connectivity index is 1.69. The minimum Gasteiger partial charge on any atom is -0.353 e. The summed E-state index contributed by atoms with van der Waals surface area (Å²) in [5.74, 6) is -0.464. The molecule has 10 heteroatoms. The Morgan fingerprint density at radius 1 is 1.07 bits per heavy atom. The highest BCUT2D eigenvalue weighted by molar-refractivity contribution is 5.94. The Kier molecular flexibility index (Phi) is 4.98. The summed E-state index contributed by atoms with van der Waals surface area (Å²) in [4.78, 5) is 29.5. The van der Waals surface area contributed by atoms with Crippen LogP contribution in [-0.4, -0.2) is 46.9 Å². The summed E-state index contributed by atoms with van der Waals surface area (Å²) in [6.45, 7) is 0.866. The van der Waals surface area contributed by atoms with Crippen LogP contribution >= 0.6 is 0 Å². The molecule has 0 atom stereocenters. The van der Waals surface area contributed by atoms with Gasteiger partial charge in [0.1, 0.15) is 5.82 Å². The number of nitro groups is 1. The molecule has 1 aliphatic rings. The second kappa shape index (κ2) is 7.22. The van der Waals surface area contributed by atoms with Gasteiger partial charge in [0.25, 0.3) is 11.6 Å². The van der Waals surface area contributed by atoms with Crippen LogP contribution in [0.5, 0.6) is 0 Å². The van der Waals surface area contributed by atoms with E-state index in [1.54, 1.807) is 0 Å². The van der Waals surface area contributed by atoms with Gasteiger partial charge in [-0.3, -0.25) is 14.9 Å². The van der Waals surface area contributed by atoms with Gasteiger partial charge in [-0.2, -0.15) is 13.2 Å². The fourth-order valence-electron chi connectivity index (χ4n) is 2.90. The molecule has 142 valence electrons. The van der Waals surface area contributed by atoms with Crippen molar-refractivity contribution < 1.29 is 22.9 Å². The highest BCUT2D eigenvalue weighted by Gasteiger charge is 2.36. The van der Waals surface area contributed by atoms with Crippen LogP contribution in [0.2, 0.25) is 0 Å². The molecule has 0 unspecified atom stereocenters. The molecule has 1 aliphatic heterocycles. The molecular weight excluding hydrogens is 365 g/mol. The minimum absolute atomic E-state index is 0.119. The molecule has 27 heavy (non-hydrogen) atoms. The van der Waals surface area contributed by atoms with Crippen molar-refractivity contribution in [2.75, 3.05) is 31.1 Å². The van der Waals surface area contributed by atoms with Gasteiger partial charge in [-0.1, -0.05) is 0 Å². The van der Waals surface area contributed by atoms with Crippen LogP contribution in [0.15, 0.2) is 42.6 Å². The number of rotatable bonds is 3. The van der Waals surface area contributed by atoms with Crippen molar-refractivity contribution >= 4 is 17.4 Å². The van der Waals surface area contributed by atoms with Gasteiger partial charge < -0.3 is 9.80 Å². The average Bonchev–Trinajstić information content (AvgIpc) is 2.67. The zero-order valence-electron chi connectivity index (χ0n) is 14.0. The monoisotopic (exact) mass is 380 g/mol. The van der Waals surface area contributed by atoms with Crippen LogP contribution in [0.1, 0.15) is 15.9 Å². The van der Waals surface area contributed by atoms with E-state index >= 15 is 0 Å². The van der Waals surface area contributed by atoms with E-state index in [2.05, 4.69) is 4.98 Å². The van der Waals surface area contributed by atoms with Crippen LogP contribution < -0.4 is 4.90 Å². The number of carbonyl (C=O) groups is 1. The van der Waals surface area contributed by atoms with Crippen molar-refractivity contribution in [2.24, 2.45) is 0 Å². The van der Waals surface area contributed by atoms with Gasteiger partial charge >= 0.3 is 6.18 Å². The first kappa shape index (κ1) is 18.6. The number of hydrogen-bond donors (Lipinski definition) is 0. The number of nitro benzene ring substituents is 1. The quantitative estimate of drug-likeness (QED) is 0.604. The Labute approximate surface area is 152 Å². The smallest absolute Gasteiger partial charge is 0.353 e. The lowest BCUT2D eigenvalue weighted by atomic mass is 10.1. The molecule has 2 heterocycles. The van der Waals surface area contributed by atoms with Crippen molar-refractivity contribution in [3.05, 3.63) is 63.8 Å². The summed E-state index contributed by atoms with van der Waals surface area (Å²) in [6.07, 6.45) is -3.20. The average molecular weight is 380 g/mol. The van der Waals surface area contributed by atoms with Crippen LogP contribution in [0.25, 0.3) is 0 Å². The highest BCUT2D eigenvalue weighted by Crippen LogP contribution is 2.35. The Hall–Kier alpha value is -3.17. The van der Waals surface area contributed by atoms with E-state index in [1.807, 2.05) is 0 Å². The summed E-state index contributed by atoms with van der Waals surface area (Å²) in [5, 5.41) is 10.7. The van der Waals surface area contributed by atoms with Crippen LogP contribution in [0.4, 0.5) is 24.7 Å². The molecule has 7 nitrogen and oxygen atoms in total. The number of amides is 1. The number of nitrogens with zero attached hydrogens (tertiary/aromatic N) is 4. The van der Waals surface area contributed by atoms with Gasteiger partial charge in [-0.25, -0.2) is 4.98 Å². The summed E-state index contributed by atoms with van der Waals surface area (Å²) >= 11 is 0. The van der Waals surface area contributed by atoms with Gasteiger partial charge in [-0.15, -0.1) is 0 Å². The minimum atomic E-state index is -4.50. The van der Waals surface area contributed by atoms with Crippen LogP contribution in [-0.2, 0) is 6.18 Å². The number of carbonyl (C=O) groups excluding carboxylic acids is 1. The standard InChI is InChI=1S/C17H15F3N4O3/c18-17(19,20)14-2-1-7-21-15(14)22-8-10-23(11-9-22)16(25)12-3-5-13(6-4-12)24(26)27/h1-7H,8-11H2. The Morgan fingerprint density at radius 2 is 1.70 bits per heavy atom. The van der Waals surface area contributed by atoms with Gasteiger partial charge in [0.2, 0.25) is 0 Å². The van der Waals surface area contributed by atoms with Crippen LogP contribution in [0.3, 0.4) is 0 Å². The van der Waals surface area contributed by atoms with Crippen molar-refractivity contribution in [2.45, 2.75) is 6.18 Å². The van der Waals surface area contributed by atoms with E-state index in [0.29, 0.717) is 5.56 Å². The fraction of sp³-hybridized carbons (Fsp3) is 0.294. The maximum absolute atomic E-state index is 13.1. The zero-order chi connectivity index (χ0) is 19.6. The first-order valence-corrected chi connectivity index (χ1v) is 8.08. The Morgan fingerprint density at radius 3 is 2.26 bits per heavy atom. The lowest BCUT2D eigenvalue weighted by Gasteiger charge is -2.36. The molecule has 0 bridgehead atoms. The summed E-state index contributed by atoms with van der Waals surface area (Å²) in [7, 11) is 0. The number of alkyl halides is 3. The maximum Gasteiger partial charge on any atom is 0.419 e. The molecular formula is C17H15F3N4O3. The number of pyridine rings is 1. The molecule has 1 fully saturated rings. The first-order chi connectivity index (χ1) is 12.8. The molecule has 2 aromatic rings. The molecule has 1 saturated heterocycles. The van der Waals surface area contributed by atoms with Crippen LogP contribution in [0, 0.1) is 10.1 Å². The fourth-order valence-corrected chi connectivity index (χ4v) is 2.90. The van der Waals surface area contributed by atoms with Crippen molar-refractivity contribution in [1.82, 2.24) is 9.88 Å². The second-order valence-electron chi connectivity index (χ2n) is 5.96. The molecule has 0 N–H and O–H groups in total. The molecule has 0 aliphatic carbocycles. The SMILES string of the molecule is O=C(c1ccc([N+](=O)[O-])cc1)N1CCN(c2ncccc2C(F)(F)F)CC1. The van der Waals surface area contributed by atoms with Gasteiger partial charge in [0.15, 0.2) is 0 Å². The number of anilines is 1. The normalized spacial score (nSPS) is 14.9. The molecule has 0 saturated carbocycles. The van der Waals surface area contributed by atoms with Gasteiger partial charge in [-0.05, 0) is 24.3 Å². The first-order valence-electron chi connectivity index (χ1n) is 8.08. The molecule has 1 amide bonds. The topological polar surface area (TPSA) is 79.6 Å². The molecule has 0 spiro atoms. The van der Waals surface area contributed by atoms with Crippen molar-refractivity contribution in [1.29, 1.82) is 0 Å². The van der Waals surface area contributed by atoms with E-state index in [4.69, 9.17) is 0 Å². The van der Waals surface area contributed by atoms with E-state index in [0.717, 1.165) is 6.07 Å². The largest absolute Gasteiger partial charge is 0.419 e. The molecule has 3 rings (SSSR count). The number of aromatic nitrogens is 1. The van der Waals surface area contributed by atoms with Crippen molar-refractivity contribution in [3.63, 3.8) is 0 Å². The predicted octanol–water partition coefficient (Wildman–Crippen LogP) is 2.97. The van der Waals surface area contributed by atoms with E-state index in [-0.39, 0.29) is 43.6 Å². The second-order valence-corrected chi connectivity index (χ2v) is 5.96. The van der Waals surface area contributed by atoms with E-state index in [9.17, 15) is 28.1 Å².